The minimum Gasteiger partial charge on any atom is -0.256 e. The summed E-state index contributed by atoms with van der Waals surface area (Å²) in [6, 6.07) is 8.27. The van der Waals surface area contributed by atoms with E-state index >= 15 is 0 Å². The van der Waals surface area contributed by atoms with Gasteiger partial charge in [0.05, 0.1) is 5.69 Å². The van der Waals surface area contributed by atoms with Crippen LogP contribution in [0.15, 0.2) is 34.2 Å². The highest BCUT2D eigenvalue weighted by Gasteiger charge is 2.07. The highest BCUT2D eigenvalue weighted by Crippen LogP contribution is 2.32. The summed E-state index contributed by atoms with van der Waals surface area (Å²) in [6.45, 7) is 2.07. The maximum absolute atomic E-state index is 4.44. The van der Waals surface area contributed by atoms with Gasteiger partial charge in [-0.3, -0.25) is 4.99 Å². The van der Waals surface area contributed by atoms with E-state index in [-0.39, 0.29) is 17.0 Å². The highest BCUT2D eigenvalue weighted by atomic mass is 79.9. The van der Waals surface area contributed by atoms with Crippen LogP contribution in [0.3, 0.4) is 0 Å². The van der Waals surface area contributed by atoms with E-state index < -0.39 is 0 Å². The van der Waals surface area contributed by atoms with Gasteiger partial charge in [0.15, 0.2) is 0 Å². The van der Waals surface area contributed by atoms with Crippen molar-refractivity contribution < 1.29 is 0 Å². The van der Waals surface area contributed by atoms with E-state index in [2.05, 4.69) is 30.1 Å². The molecule has 1 aromatic rings. The van der Waals surface area contributed by atoms with Gasteiger partial charge < -0.3 is 0 Å². The molecule has 0 radical (unpaired) electrons. The van der Waals surface area contributed by atoms with E-state index in [0.29, 0.717) is 0 Å². The quantitative estimate of drug-likeness (QED) is 0.680. The van der Waals surface area contributed by atoms with E-state index in [0.717, 1.165) is 11.4 Å². The van der Waals surface area contributed by atoms with Crippen molar-refractivity contribution in [3.63, 3.8) is 0 Å². The Morgan fingerprint density at radius 2 is 2.08 bits per heavy atom. The molecule has 0 unspecified atom stereocenters. The van der Waals surface area contributed by atoms with Crippen molar-refractivity contribution in [1.82, 2.24) is 0 Å². The highest BCUT2D eigenvalue weighted by molar-refractivity contribution is 8.93. The molecule has 1 aliphatic rings. The smallest absolute Gasteiger partial charge is 0.0765 e. The lowest BCUT2D eigenvalue weighted by molar-refractivity contribution is 1.34. The molecule has 0 aromatic heterocycles. The van der Waals surface area contributed by atoms with Crippen molar-refractivity contribution in [3.8, 4) is 0 Å². The Morgan fingerprint density at radius 1 is 1.33 bits per heavy atom. The monoisotopic (exact) mass is 243 g/mol. The molecule has 1 heterocycles. The number of halogens is 1. The van der Waals surface area contributed by atoms with Crippen molar-refractivity contribution in [2.75, 3.05) is 5.75 Å². The number of aliphatic imine (C=N–C) groups is 1. The molecule has 1 aliphatic heterocycles. The van der Waals surface area contributed by atoms with Gasteiger partial charge in [-0.2, -0.15) is 0 Å². The summed E-state index contributed by atoms with van der Waals surface area (Å²) in [5.41, 5.74) is 2.34. The lowest BCUT2D eigenvalue weighted by Crippen LogP contribution is -1.98. The number of hydrogen-bond donors (Lipinski definition) is 0. The van der Waals surface area contributed by atoms with Crippen LogP contribution in [0, 0.1) is 0 Å². The number of benzene rings is 1. The lowest BCUT2D eigenvalue weighted by Gasteiger charge is -2.11. The standard InChI is InChI=1S/C9H9NS.BrH/c1-7-6-11-9-5-3-2-4-8(9)10-7;/h2-5H,6H2,1H3;1H. The van der Waals surface area contributed by atoms with E-state index in [1.165, 1.54) is 10.6 Å². The Kier molecular flexibility index (Phi) is 3.35. The number of rotatable bonds is 0. The second kappa shape index (κ2) is 4.10. The third-order valence-corrected chi connectivity index (χ3v) is 2.83. The van der Waals surface area contributed by atoms with Crippen LogP contribution in [0.1, 0.15) is 6.92 Å². The van der Waals surface area contributed by atoms with Gasteiger partial charge in [0, 0.05) is 16.4 Å². The SMILES string of the molecule is Br.CC1=Nc2ccccc2SC1. The van der Waals surface area contributed by atoms with Crippen LogP contribution in [0.4, 0.5) is 5.69 Å². The molecule has 2 rings (SSSR count). The van der Waals surface area contributed by atoms with Crippen LogP contribution in [0.25, 0.3) is 0 Å². The number of nitrogens with zero attached hydrogens (tertiary/aromatic N) is 1. The van der Waals surface area contributed by atoms with Crippen LogP contribution in [0.5, 0.6) is 0 Å². The molecule has 1 nitrogen and oxygen atoms in total. The third-order valence-electron chi connectivity index (χ3n) is 1.61. The van der Waals surface area contributed by atoms with Crippen molar-refractivity contribution in [2.24, 2.45) is 4.99 Å². The Morgan fingerprint density at radius 3 is 2.92 bits per heavy atom. The van der Waals surface area contributed by atoms with Crippen molar-refractivity contribution in [3.05, 3.63) is 24.3 Å². The first kappa shape index (κ1) is 9.81. The molecule has 12 heavy (non-hydrogen) atoms. The predicted molar refractivity (Wildman–Crippen MR) is 60.3 cm³/mol. The zero-order valence-electron chi connectivity index (χ0n) is 6.78. The maximum Gasteiger partial charge on any atom is 0.0765 e. The molecule has 0 fully saturated rings. The van der Waals surface area contributed by atoms with E-state index in [1.54, 1.807) is 0 Å². The molecular weight excluding hydrogens is 234 g/mol. The fourth-order valence-electron chi connectivity index (χ4n) is 1.09. The first-order chi connectivity index (χ1) is 5.36. The van der Waals surface area contributed by atoms with Crippen LogP contribution in [-0.4, -0.2) is 11.5 Å². The molecular formula is C9H10BrNS. The molecule has 0 N–H and O–H groups in total. The Bertz CT molecular complexity index is 309. The molecule has 0 saturated carbocycles. The fraction of sp³-hybridized carbons (Fsp3) is 0.222. The van der Waals surface area contributed by atoms with Crippen LogP contribution < -0.4 is 0 Å². The van der Waals surface area contributed by atoms with Gasteiger partial charge in [-0.15, -0.1) is 28.7 Å². The van der Waals surface area contributed by atoms with Gasteiger partial charge in [-0.1, -0.05) is 12.1 Å². The number of thioether (sulfide) groups is 1. The topological polar surface area (TPSA) is 12.4 Å². The summed E-state index contributed by atoms with van der Waals surface area (Å²) < 4.78 is 0. The Balaban J connectivity index is 0.000000720. The molecule has 3 heteroatoms. The largest absolute Gasteiger partial charge is 0.256 e. The zero-order valence-corrected chi connectivity index (χ0v) is 9.31. The normalized spacial score (nSPS) is 14.2. The number of para-hydroxylation sites is 1. The van der Waals surface area contributed by atoms with E-state index in [4.69, 9.17) is 0 Å². The summed E-state index contributed by atoms with van der Waals surface area (Å²) >= 11 is 1.87. The average Bonchev–Trinajstić information content (AvgIpc) is 2.04. The van der Waals surface area contributed by atoms with Crippen LogP contribution >= 0.6 is 28.7 Å². The maximum atomic E-state index is 4.44. The number of fused-ring (bicyclic) bond motifs is 1. The van der Waals surface area contributed by atoms with Gasteiger partial charge in [0.25, 0.3) is 0 Å². The van der Waals surface area contributed by atoms with Gasteiger partial charge in [-0.25, -0.2) is 0 Å². The summed E-state index contributed by atoms with van der Waals surface area (Å²) in [7, 11) is 0. The van der Waals surface area contributed by atoms with Crippen molar-refractivity contribution >= 4 is 40.1 Å². The molecule has 0 spiro atoms. The molecule has 0 saturated heterocycles. The first-order valence-corrected chi connectivity index (χ1v) is 4.61. The second-order valence-corrected chi connectivity index (χ2v) is 3.62. The first-order valence-electron chi connectivity index (χ1n) is 3.62. The van der Waals surface area contributed by atoms with E-state index in [1.807, 2.05) is 17.8 Å². The number of hydrogen-bond acceptors (Lipinski definition) is 2. The third kappa shape index (κ3) is 1.90. The summed E-state index contributed by atoms with van der Waals surface area (Å²) in [5, 5.41) is 0. The summed E-state index contributed by atoms with van der Waals surface area (Å²) in [6.07, 6.45) is 0. The molecule has 0 amide bonds. The Hall–Kier alpha value is -0.280. The molecule has 64 valence electrons. The van der Waals surface area contributed by atoms with Crippen LogP contribution in [-0.2, 0) is 0 Å². The van der Waals surface area contributed by atoms with E-state index in [9.17, 15) is 0 Å². The summed E-state index contributed by atoms with van der Waals surface area (Å²) in [5.74, 6) is 1.04. The Labute approximate surface area is 87.1 Å². The van der Waals surface area contributed by atoms with Gasteiger partial charge >= 0.3 is 0 Å². The molecule has 1 aromatic carbocycles. The van der Waals surface area contributed by atoms with Crippen molar-refractivity contribution in [1.29, 1.82) is 0 Å². The summed E-state index contributed by atoms with van der Waals surface area (Å²) in [4.78, 5) is 5.75. The van der Waals surface area contributed by atoms with Crippen molar-refractivity contribution in [2.45, 2.75) is 11.8 Å². The lowest BCUT2D eigenvalue weighted by atomic mass is 10.3. The zero-order chi connectivity index (χ0) is 7.68. The van der Waals surface area contributed by atoms with Gasteiger partial charge in [0.2, 0.25) is 0 Å². The van der Waals surface area contributed by atoms with Gasteiger partial charge in [0.1, 0.15) is 0 Å². The minimum atomic E-state index is 0. The van der Waals surface area contributed by atoms with Gasteiger partial charge in [-0.05, 0) is 19.1 Å². The van der Waals surface area contributed by atoms with Crippen LogP contribution in [0.2, 0.25) is 0 Å². The average molecular weight is 244 g/mol. The second-order valence-electron chi connectivity index (χ2n) is 2.60. The fourth-order valence-corrected chi connectivity index (χ4v) is 1.96. The molecule has 0 aliphatic carbocycles. The predicted octanol–water partition coefficient (Wildman–Crippen LogP) is 3.46. The molecule has 0 bridgehead atoms. The minimum absolute atomic E-state index is 0. The molecule has 0 atom stereocenters.